The van der Waals surface area contributed by atoms with Gasteiger partial charge in [-0.15, -0.1) is 11.8 Å². The Morgan fingerprint density at radius 1 is 1.05 bits per heavy atom. The summed E-state index contributed by atoms with van der Waals surface area (Å²) in [4.78, 5) is 48.7. The molecule has 9 heteroatoms. The Morgan fingerprint density at radius 3 is 2.46 bits per heavy atom. The van der Waals surface area contributed by atoms with Crippen molar-refractivity contribution < 1.29 is 24.2 Å². The van der Waals surface area contributed by atoms with E-state index in [9.17, 15) is 19.5 Å². The van der Waals surface area contributed by atoms with Crippen LogP contribution in [0.5, 0.6) is 5.75 Å². The van der Waals surface area contributed by atoms with Crippen LogP contribution in [0.25, 0.3) is 0 Å². The van der Waals surface area contributed by atoms with Crippen LogP contribution in [0, 0.1) is 17.8 Å². The lowest BCUT2D eigenvalue weighted by Crippen LogP contribution is -2.57. The summed E-state index contributed by atoms with van der Waals surface area (Å²) in [5.74, 6) is -0.973. The van der Waals surface area contributed by atoms with Gasteiger partial charge in [-0.3, -0.25) is 14.4 Å². The number of carbonyl (C=O) groups excluding carboxylic acids is 3. The molecule has 1 aromatic carbocycles. The number of rotatable bonds is 10. The van der Waals surface area contributed by atoms with Crippen molar-refractivity contribution in [3.05, 3.63) is 48.6 Å². The van der Waals surface area contributed by atoms with E-state index in [4.69, 9.17) is 4.74 Å². The zero-order valence-corrected chi connectivity index (χ0v) is 25.4. The van der Waals surface area contributed by atoms with Crippen LogP contribution in [0.1, 0.15) is 47.0 Å². The summed E-state index contributed by atoms with van der Waals surface area (Å²) in [6.07, 6.45) is 10.7. The van der Waals surface area contributed by atoms with Crippen molar-refractivity contribution in [2.45, 2.75) is 69.0 Å². The van der Waals surface area contributed by atoms with E-state index < -0.39 is 28.7 Å². The maximum Gasteiger partial charge on any atom is 0.247 e. The molecule has 0 bridgehead atoms. The van der Waals surface area contributed by atoms with Crippen molar-refractivity contribution in [1.29, 1.82) is 0 Å². The highest BCUT2D eigenvalue weighted by molar-refractivity contribution is 8.02. The fraction of sp³-hybridized carbons (Fsp3) is 0.594. The lowest BCUT2D eigenvalue weighted by Gasteiger charge is -2.40. The van der Waals surface area contributed by atoms with Gasteiger partial charge >= 0.3 is 0 Å². The molecule has 2 fully saturated rings. The molecule has 4 aliphatic rings. The Labute approximate surface area is 247 Å². The minimum atomic E-state index is -0.882. The van der Waals surface area contributed by atoms with E-state index >= 15 is 0 Å². The first kappa shape index (κ1) is 29.7. The molecule has 7 atom stereocenters. The van der Waals surface area contributed by atoms with Crippen molar-refractivity contribution in [3.8, 4) is 5.75 Å². The summed E-state index contributed by atoms with van der Waals surface area (Å²) in [5.41, 5.74) is 0.750. The molecule has 1 spiro atoms. The molecule has 1 unspecified atom stereocenters. The number of hydrogen-bond acceptors (Lipinski definition) is 6. The maximum absolute atomic E-state index is 14.6. The fourth-order valence-electron chi connectivity index (χ4n) is 6.97. The molecule has 41 heavy (non-hydrogen) atoms. The molecule has 0 radical (unpaired) electrons. The maximum atomic E-state index is 14.6. The van der Waals surface area contributed by atoms with E-state index in [-0.39, 0.29) is 35.5 Å². The Bertz CT molecular complexity index is 1200. The average Bonchev–Trinajstić information content (AvgIpc) is 3.29. The average molecular weight is 582 g/mol. The van der Waals surface area contributed by atoms with Gasteiger partial charge in [0.25, 0.3) is 0 Å². The second-order valence-corrected chi connectivity index (χ2v) is 13.1. The third-order valence-corrected chi connectivity index (χ3v) is 11.0. The molecule has 8 nitrogen and oxygen atoms in total. The summed E-state index contributed by atoms with van der Waals surface area (Å²) in [7, 11) is 0. The Hall–Kier alpha value is -2.78. The van der Waals surface area contributed by atoms with Gasteiger partial charge in [0.2, 0.25) is 17.7 Å². The standard InChI is InChI=1S/C32H43N3O5S/c1-5-8-17-33-18-10-16-32-27(30(38)35(28(32)31(33)39)24(20-36)21(4)6-2)26-25(41-32)11-9-19-34(29(26)37)22-12-14-23(15-13-22)40-7-3/h9-16,21,24-28,36H,5-8,17-20H2,1-4H3/t21-,24-,25+,26-,27-,28?,32-/m0/s1. The molecule has 1 aromatic rings. The number of nitrogens with zero attached hydrogens (tertiary/aromatic N) is 3. The Morgan fingerprint density at radius 2 is 1.80 bits per heavy atom. The summed E-state index contributed by atoms with van der Waals surface area (Å²) >= 11 is 1.58. The molecule has 3 amide bonds. The highest BCUT2D eigenvalue weighted by Gasteiger charge is 2.72. The Balaban J connectivity index is 1.57. The number of likely N-dealkylation sites (tertiary alicyclic amines) is 1. The minimum Gasteiger partial charge on any atom is -0.494 e. The number of benzene rings is 1. The SMILES string of the molecule is CCCCN1CC=C[C@]23S[C@@H]4C=CCN(c5ccc(OCC)cc5)C(=O)[C@@H]4[C@H]2C(=O)N([C@@H](CO)[C@@H](C)CC)C3C1=O. The number of unbranched alkanes of at least 4 members (excludes halogenated alkanes) is 1. The normalized spacial score (nSPS) is 30.6. The number of thioether (sulfide) groups is 1. The highest BCUT2D eigenvalue weighted by Crippen LogP contribution is 2.61. The van der Waals surface area contributed by atoms with Crippen molar-refractivity contribution in [1.82, 2.24) is 9.80 Å². The molecule has 2 saturated heterocycles. The topological polar surface area (TPSA) is 90.4 Å². The van der Waals surface area contributed by atoms with Crippen LogP contribution in [0.4, 0.5) is 5.69 Å². The lowest BCUT2D eigenvalue weighted by atomic mass is 9.78. The van der Waals surface area contributed by atoms with E-state index in [1.54, 1.807) is 21.6 Å². The van der Waals surface area contributed by atoms with Crippen LogP contribution in [-0.2, 0) is 14.4 Å². The number of aliphatic hydroxyl groups excluding tert-OH is 1. The zero-order chi connectivity index (χ0) is 29.3. The van der Waals surface area contributed by atoms with Crippen molar-refractivity contribution in [2.75, 3.05) is 37.7 Å². The van der Waals surface area contributed by atoms with Crippen LogP contribution in [0.15, 0.2) is 48.6 Å². The number of aliphatic hydroxyl groups is 1. The molecule has 222 valence electrons. The molecule has 4 heterocycles. The third kappa shape index (κ3) is 4.99. The van der Waals surface area contributed by atoms with Gasteiger partial charge < -0.3 is 24.5 Å². The van der Waals surface area contributed by atoms with Crippen molar-refractivity contribution in [2.24, 2.45) is 17.8 Å². The molecule has 0 aromatic heterocycles. The number of fused-ring (bicyclic) bond motifs is 2. The van der Waals surface area contributed by atoms with Gasteiger partial charge in [-0.2, -0.15) is 0 Å². The molecule has 1 N–H and O–H groups in total. The Kier molecular flexibility index (Phi) is 8.85. The third-order valence-electron chi connectivity index (χ3n) is 9.27. The number of anilines is 1. The fourth-order valence-corrected chi connectivity index (χ4v) is 8.96. The van der Waals surface area contributed by atoms with Crippen LogP contribution >= 0.6 is 11.8 Å². The molecule has 0 aliphatic carbocycles. The number of carbonyl (C=O) groups is 3. The quantitative estimate of drug-likeness (QED) is 0.422. The largest absolute Gasteiger partial charge is 0.494 e. The van der Waals surface area contributed by atoms with Gasteiger partial charge in [0.15, 0.2) is 0 Å². The van der Waals surface area contributed by atoms with E-state index in [1.165, 1.54) is 0 Å². The van der Waals surface area contributed by atoms with Crippen LogP contribution < -0.4 is 9.64 Å². The molecular formula is C32H43N3O5S. The number of hydrogen-bond donors (Lipinski definition) is 1. The number of ether oxygens (including phenoxy) is 1. The first-order chi connectivity index (χ1) is 19.8. The zero-order valence-electron chi connectivity index (χ0n) is 24.6. The second kappa shape index (κ2) is 12.2. The molecular weight excluding hydrogens is 538 g/mol. The summed E-state index contributed by atoms with van der Waals surface area (Å²) in [6, 6.07) is 6.21. The van der Waals surface area contributed by atoms with Crippen LogP contribution in [0.2, 0.25) is 0 Å². The van der Waals surface area contributed by atoms with E-state index in [2.05, 4.69) is 19.1 Å². The van der Waals surface area contributed by atoms with Gasteiger partial charge in [0.05, 0.1) is 35.8 Å². The smallest absolute Gasteiger partial charge is 0.247 e. The predicted molar refractivity (Wildman–Crippen MR) is 162 cm³/mol. The summed E-state index contributed by atoms with van der Waals surface area (Å²) in [6.45, 7) is 9.92. The minimum absolute atomic E-state index is 0.00479. The van der Waals surface area contributed by atoms with Gasteiger partial charge in [0.1, 0.15) is 11.8 Å². The first-order valence-electron chi connectivity index (χ1n) is 15.1. The first-order valence-corrected chi connectivity index (χ1v) is 16.0. The van der Waals surface area contributed by atoms with E-state index in [1.807, 2.05) is 62.1 Å². The van der Waals surface area contributed by atoms with Gasteiger partial charge in [-0.05, 0) is 43.5 Å². The van der Waals surface area contributed by atoms with Crippen LogP contribution in [0.3, 0.4) is 0 Å². The van der Waals surface area contributed by atoms with Crippen LogP contribution in [-0.4, -0.2) is 87.6 Å². The number of amides is 3. The molecule has 0 saturated carbocycles. The van der Waals surface area contributed by atoms with Crippen molar-refractivity contribution in [3.63, 3.8) is 0 Å². The van der Waals surface area contributed by atoms with Gasteiger partial charge in [-0.25, -0.2) is 0 Å². The molecule has 4 aliphatic heterocycles. The summed E-state index contributed by atoms with van der Waals surface area (Å²) in [5, 5.41) is 10.3. The summed E-state index contributed by atoms with van der Waals surface area (Å²) < 4.78 is 4.71. The predicted octanol–water partition coefficient (Wildman–Crippen LogP) is 3.89. The van der Waals surface area contributed by atoms with E-state index in [0.717, 1.165) is 30.7 Å². The van der Waals surface area contributed by atoms with Gasteiger partial charge in [-0.1, -0.05) is 57.9 Å². The second-order valence-electron chi connectivity index (χ2n) is 11.6. The van der Waals surface area contributed by atoms with Gasteiger partial charge in [0, 0.05) is 30.6 Å². The lowest BCUT2D eigenvalue weighted by molar-refractivity contribution is -0.146. The monoisotopic (exact) mass is 581 g/mol. The van der Waals surface area contributed by atoms with E-state index in [0.29, 0.717) is 26.2 Å². The van der Waals surface area contributed by atoms with Crippen molar-refractivity contribution >= 4 is 35.2 Å². The molecule has 5 rings (SSSR count). The highest BCUT2D eigenvalue weighted by atomic mass is 32.2.